The average molecular weight is 313 g/mol. The highest BCUT2D eigenvalue weighted by atomic mass is 32.1. The van der Waals surface area contributed by atoms with E-state index in [1.165, 1.54) is 77.0 Å². The maximum atomic E-state index is 5.03. The Morgan fingerprint density at radius 3 is 2.10 bits per heavy atom. The Balaban J connectivity index is 1.76. The maximum absolute atomic E-state index is 5.03. The van der Waals surface area contributed by atoms with Crippen molar-refractivity contribution in [2.45, 2.75) is 94.5 Å². The van der Waals surface area contributed by atoms with Crippen LogP contribution in [0.5, 0.6) is 0 Å². The quantitative estimate of drug-likeness (QED) is 0.510. The van der Waals surface area contributed by atoms with Gasteiger partial charge in [-0.25, -0.2) is 0 Å². The van der Waals surface area contributed by atoms with Crippen molar-refractivity contribution in [3.63, 3.8) is 0 Å². The normalized spacial score (nSPS) is 45.5. The highest BCUT2D eigenvalue weighted by Gasteiger charge is 2.45. The van der Waals surface area contributed by atoms with E-state index in [4.69, 9.17) is 25.3 Å². The molecule has 3 fully saturated rings. The summed E-state index contributed by atoms with van der Waals surface area (Å²) in [5, 5.41) is 1.27. The standard InChI is InChI=1S/C18H32S2/c1-14-4-7-18(11-15(19)10-14)9-8-17(5-2-3-6-17)12-16(20)13-18/h14-16,19-20H,2-13H2,1H3. The molecule has 0 aromatic heterocycles. The monoisotopic (exact) mass is 312 g/mol. The molecule has 0 aromatic carbocycles. The van der Waals surface area contributed by atoms with Crippen LogP contribution in [0, 0.1) is 16.7 Å². The Morgan fingerprint density at radius 2 is 1.35 bits per heavy atom. The molecule has 0 bridgehead atoms. The van der Waals surface area contributed by atoms with Crippen molar-refractivity contribution < 1.29 is 0 Å². The molecule has 0 radical (unpaired) electrons. The van der Waals surface area contributed by atoms with Gasteiger partial charge in [-0.3, -0.25) is 0 Å². The third-order valence-corrected chi connectivity index (χ3v) is 7.46. The Hall–Kier alpha value is 0.700. The van der Waals surface area contributed by atoms with Gasteiger partial charge in [0.15, 0.2) is 0 Å². The molecule has 0 heterocycles. The first-order chi connectivity index (χ1) is 9.51. The van der Waals surface area contributed by atoms with Crippen molar-refractivity contribution in [3.05, 3.63) is 0 Å². The molecule has 0 amide bonds. The summed E-state index contributed by atoms with van der Waals surface area (Å²) in [6, 6.07) is 0. The van der Waals surface area contributed by atoms with Crippen LogP contribution in [0.15, 0.2) is 0 Å². The van der Waals surface area contributed by atoms with Gasteiger partial charge in [0.2, 0.25) is 0 Å². The molecule has 2 heteroatoms. The Kier molecular flexibility index (Phi) is 4.73. The van der Waals surface area contributed by atoms with E-state index in [0.29, 0.717) is 21.3 Å². The van der Waals surface area contributed by atoms with E-state index in [2.05, 4.69) is 6.92 Å². The lowest BCUT2D eigenvalue weighted by atomic mass is 9.72. The van der Waals surface area contributed by atoms with Crippen molar-refractivity contribution in [2.75, 3.05) is 0 Å². The van der Waals surface area contributed by atoms with Crippen molar-refractivity contribution in [1.29, 1.82) is 0 Å². The molecular weight excluding hydrogens is 280 g/mol. The van der Waals surface area contributed by atoms with E-state index in [9.17, 15) is 0 Å². The summed E-state index contributed by atoms with van der Waals surface area (Å²) >= 11 is 9.94. The van der Waals surface area contributed by atoms with Crippen molar-refractivity contribution in [1.82, 2.24) is 0 Å². The minimum absolute atomic E-state index is 0.579. The fourth-order valence-corrected chi connectivity index (χ4v) is 7.14. The Bertz CT molecular complexity index is 334. The first-order valence-corrected chi connectivity index (χ1v) is 9.90. The molecule has 4 atom stereocenters. The Labute approximate surface area is 136 Å². The van der Waals surface area contributed by atoms with Crippen LogP contribution in [0.4, 0.5) is 0 Å². The average Bonchev–Trinajstić information content (AvgIpc) is 2.70. The van der Waals surface area contributed by atoms with Gasteiger partial charge in [-0.05, 0) is 74.5 Å². The predicted octanol–water partition coefficient (Wildman–Crippen LogP) is 5.91. The molecule has 3 aliphatic rings. The second kappa shape index (κ2) is 6.07. The van der Waals surface area contributed by atoms with Gasteiger partial charge >= 0.3 is 0 Å². The molecule has 116 valence electrons. The molecule has 0 saturated heterocycles. The zero-order valence-corrected chi connectivity index (χ0v) is 14.9. The van der Waals surface area contributed by atoms with Crippen molar-refractivity contribution >= 4 is 25.3 Å². The van der Waals surface area contributed by atoms with E-state index >= 15 is 0 Å². The van der Waals surface area contributed by atoms with E-state index in [0.717, 1.165) is 5.92 Å². The minimum Gasteiger partial charge on any atom is -0.176 e. The molecule has 3 saturated carbocycles. The van der Waals surface area contributed by atoms with E-state index in [-0.39, 0.29) is 0 Å². The lowest BCUT2D eigenvalue weighted by Gasteiger charge is -2.35. The summed E-state index contributed by atoms with van der Waals surface area (Å²) in [6.07, 6.45) is 17.2. The number of hydrogen-bond donors (Lipinski definition) is 2. The molecule has 0 aromatic rings. The first-order valence-electron chi connectivity index (χ1n) is 8.87. The zero-order valence-electron chi connectivity index (χ0n) is 13.1. The summed E-state index contributed by atoms with van der Waals surface area (Å²) < 4.78 is 0. The maximum Gasteiger partial charge on any atom is 0.00273 e. The van der Waals surface area contributed by atoms with Gasteiger partial charge in [-0.1, -0.05) is 26.2 Å². The highest BCUT2D eigenvalue weighted by Crippen LogP contribution is 2.56. The van der Waals surface area contributed by atoms with Crippen LogP contribution in [0.2, 0.25) is 0 Å². The predicted molar refractivity (Wildman–Crippen MR) is 95.0 cm³/mol. The van der Waals surface area contributed by atoms with Crippen LogP contribution >= 0.6 is 25.3 Å². The van der Waals surface area contributed by atoms with Crippen LogP contribution in [0.25, 0.3) is 0 Å². The summed E-state index contributed by atoms with van der Waals surface area (Å²) in [5.41, 5.74) is 1.26. The van der Waals surface area contributed by atoms with Crippen LogP contribution in [0.1, 0.15) is 84.0 Å². The molecule has 0 aliphatic heterocycles. The van der Waals surface area contributed by atoms with E-state index in [1.54, 1.807) is 0 Å². The first kappa shape index (κ1) is 15.6. The number of rotatable bonds is 0. The van der Waals surface area contributed by atoms with Crippen LogP contribution in [0.3, 0.4) is 0 Å². The van der Waals surface area contributed by atoms with E-state index in [1.807, 2.05) is 0 Å². The second-order valence-electron chi connectivity index (χ2n) is 8.51. The largest absolute Gasteiger partial charge is 0.176 e. The van der Waals surface area contributed by atoms with Crippen LogP contribution in [-0.4, -0.2) is 10.5 Å². The Morgan fingerprint density at radius 1 is 0.750 bits per heavy atom. The third kappa shape index (κ3) is 3.37. The van der Waals surface area contributed by atoms with Gasteiger partial charge in [-0.15, -0.1) is 0 Å². The lowest BCUT2D eigenvalue weighted by molar-refractivity contribution is 0.187. The summed E-state index contributed by atoms with van der Waals surface area (Å²) in [4.78, 5) is 0. The summed E-state index contributed by atoms with van der Waals surface area (Å²) in [6.45, 7) is 2.43. The molecule has 3 aliphatic carbocycles. The van der Waals surface area contributed by atoms with Crippen LogP contribution < -0.4 is 0 Å². The minimum atomic E-state index is 0.579. The molecule has 20 heavy (non-hydrogen) atoms. The molecule has 0 N–H and O–H groups in total. The summed E-state index contributed by atoms with van der Waals surface area (Å²) in [7, 11) is 0. The van der Waals surface area contributed by atoms with Gasteiger partial charge in [0.05, 0.1) is 0 Å². The lowest BCUT2D eigenvalue weighted by Crippen LogP contribution is -2.25. The summed E-state index contributed by atoms with van der Waals surface area (Å²) in [5.74, 6) is 0.874. The number of hydrogen-bond acceptors (Lipinski definition) is 2. The molecule has 4 unspecified atom stereocenters. The zero-order chi connectivity index (χ0) is 14.2. The van der Waals surface area contributed by atoms with Crippen molar-refractivity contribution in [2.24, 2.45) is 16.7 Å². The third-order valence-electron chi connectivity index (χ3n) is 6.70. The van der Waals surface area contributed by atoms with Gasteiger partial charge in [0.1, 0.15) is 0 Å². The molecule has 3 rings (SSSR count). The molecule has 0 nitrogen and oxygen atoms in total. The van der Waals surface area contributed by atoms with Gasteiger partial charge < -0.3 is 0 Å². The SMILES string of the molecule is CC1CCC2(CCC3(CCCC3)CC(S)C2)CC(S)C1. The van der Waals surface area contributed by atoms with Crippen LogP contribution in [-0.2, 0) is 0 Å². The van der Waals surface area contributed by atoms with Gasteiger partial charge in [0.25, 0.3) is 0 Å². The molecular formula is C18H32S2. The van der Waals surface area contributed by atoms with Crippen molar-refractivity contribution in [3.8, 4) is 0 Å². The van der Waals surface area contributed by atoms with E-state index < -0.39 is 0 Å². The topological polar surface area (TPSA) is 0 Å². The fourth-order valence-electron chi connectivity index (χ4n) is 5.62. The van der Waals surface area contributed by atoms with Gasteiger partial charge in [-0.2, -0.15) is 25.3 Å². The fraction of sp³-hybridized carbons (Fsp3) is 1.00. The van der Waals surface area contributed by atoms with Gasteiger partial charge in [0, 0.05) is 10.5 Å². The highest BCUT2D eigenvalue weighted by molar-refractivity contribution is 7.81. The molecule has 2 spiro atoms. The second-order valence-corrected chi connectivity index (χ2v) is 9.97. The number of thiol groups is 2. The smallest absolute Gasteiger partial charge is 0.00273 e.